The van der Waals surface area contributed by atoms with Crippen molar-refractivity contribution in [2.45, 2.75) is 50.3 Å². The molecule has 0 radical (unpaired) electrons. The SMILES string of the molecule is O=C1[C@H](c2ccc(F)cc2)N(C[C@H]2COc3ccccc3O2)C(=O)CN1C1CCCCC1. The molecule has 3 aliphatic rings. The van der Waals surface area contributed by atoms with Crippen molar-refractivity contribution in [3.05, 3.63) is 59.9 Å². The normalized spacial score (nSPS) is 24.0. The van der Waals surface area contributed by atoms with Crippen LogP contribution in [-0.4, -0.2) is 53.5 Å². The summed E-state index contributed by atoms with van der Waals surface area (Å²) in [6.07, 6.45) is 4.75. The Morgan fingerprint density at radius 2 is 1.66 bits per heavy atom. The monoisotopic (exact) mass is 438 g/mol. The van der Waals surface area contributed by atoms with E-state index in [1.54, 1.807) is 21.9 Å². The van der Waals surface area contributed by atoms with Crippen LogP contribution in [0.4, 0.5) is 4.39 Å². The van der Waals surface area contributed by atoms with Crippen LogP contribution in [0.5, 0.6) is 11.5 Å². The average Bonchev–Trinajstić information content (AvgIpc) is 2.83. The van der Waals surface area contributed by atoms with Crippen LogP contribution >= 0.6 is 0 Å². The van der Waals surface area contributed by atoms with Gasteiger partial charge in [-0.15, -0.1) is 0 Å². The van der Waals surface area contributed by atoms with Crippen LogP contribution in [0.1, 0.15) is 43.7 Å². The lowest BCUT2D eigenvalue weighted by Crippen LogP contribution is -2.60. The minimum Gasteiger partial charge on any atom is -0.486 e. The van der Waals surface area contributed by atoms with Crippen molar-refractivity contribution in [3.63, 3.8) is 0 Å². The zero-order chi connectivity index (χ0) is 22.1. The second kappa shape index (κ2) is 8.81. The summed E-state index contributed by atoms with van der Waals surface area (Å²) in [5.41, 5.74) is 0.613. The van der Waals surface area contributed by atoms with E-state index in [2.05, 4.69) is 0 Å². The second-order valence-electron chi connectivity index (χ2n) is 8.76. The molecule has 0 N–H and O–H groups in total. The summed E-state index contributed by atoms with van der Waals surface area (Å²) < 4.78 is 25.5. The fourth-order valence-corrected chi connectivity index (χ4v) is 5.00. The summed E-state index contributed by atoms with van der Waals surface area (Å²) in [5, 5.41) is 0. The molecule has 0 aromatic heterocycles. The molecule has 2 aliphatic heterocycles. The molecule has 2 aromatic rings. The molecule has 2 fully saturated rings. The maximum absolute atomic E-state index is 13.7. The minimum atomic E-state index is -0.792. The third kappa shape index (κ3) is 4.04. The number of nitrogens with zero attached hydrogens (tertiary/aromatic N) is 2. The molecule has 0 spiro atoms. The smallest absolute Gasteiger partial charge is 0.250 e. The van der Waals surface area contributed by atoms with E-state index in [9.17, 15) is 14.0 Å². The van der Waals surface area contributed by atoms with Crippen molar-refractivity contribution in [1.29, 1.82) is 0 Å². The Morgan fingerprint density at radius 3 is 2.41 bits per heavy atom. The summed E-state index contributed by atoms with van der Waals surface area (Å²) in [7, 11) is 0. The Bertz CT molecular complexity index is 990. The van der Waals surface area contributed by atoms with Crippen LogP contribution in [0.3, 0.4) is 0 Å². The van der Waals surface area contributed by atoms with Gasteiger partial charge in [0.1, 0.15) is 25.0 Å². The molecule has 32 heavy (non-hydrogen) atoms. The van der Waals surface area contributed by atoms with Crippen molar-refractivity contribution in [2.75, 3.05) is 19.7 Å². The van der Waals surface area contributed by atoms with Crippen LogP contribution in [0.2, 0.25) is 0 Å². The molecule has 0 unspecified atom stereocenters. The van der Waals surface area contributed by atoms with E-state index >= 15 is 0 Å². The number of para-hydroxylation sites is 2. The Labute approximate surface area is 186 Å². The number of hydrogen-bond acceptors (Lipinski definition) is 4. The fraction of sp³-hybridized carbons (Fsp3) is 0.440. The second-order valence-corrected chi connectivity index (χ2v) is 8.76. The van der Waals surface area contributed by atoms with E-state index < -0.39 is 12.1 Å². The third-order valence-corrected chi connectivity index (χ3v) is 6.62. The molecule has 2 aromatic carbocycles. The van der Waals surface area contributed by atoms with Crippen LogP contribution in [0.15, 0.2) is 48.5 Å². The van der Waals surface area contributed by atoms with Crippen molar-refractivity contribution >= 4 is 11.8 Å². The van der Waals surface area contributed by atoms with E-state index in [1.165, 1.54) is 18.6 Å². The number of hydrogen-bond donors (Lipinski definition) is 0. The van der Waals surface area contributed by atoms with Gasteiger partial charge in [0.25, 0.3) is 5.91 Å². The molecule has 1 aliphatic carbocycles. The number of fused-ring (bicyclic) bond motifs is 1. The topological polar surface area (TPSA) is 59.1 Å². The van der Waals surface area contributed by atoms with Gasteiger partial charge in [0.05, 0.1) is 6.54 Å². The highest BCUT2D eigenvalue weighted by Crippen LogP contribution is 2.35. The number of halogens is 1. The van der Waals surface area contributed by atoms with Crippen molar-refractivity contribution in [2.24, 2.45) is 0 Å². The summed E-state index contributed by atoms with van der Waals surface area (Å²) in [4.78, 5) is 30.3. The minimum absolute atomic E-state index is 0.0748. The van der Waals surface area contributed by atoms with Gasteiger partial charge < -0.3 is 19.3 Å². The summed E-state index contributed by atoms with van der Waals surface area (Å²) >= 11 is 0. The molecule has 7 heteroatoms. The standard InChI is InChI=1S/C25H27FN2O4/c26-18-12-10-17(11-13-18)24-25(30)27(19-6-2-1-3-7-19)15-23(29)28(24)14-20-16-31-21-8-4-5-9-22(21)32-20/h4-5,8-13,19-20,24H,1-3,6-7,14-16H2/t20-,24-/m0/s1. The number of ether oxygens (including phenoxy) is 2. The van der Waals surface area contributed by atoms with E-state index in [-0.39, 0.29) is 43.4 Å². The molecule has 1 saturated heterocycles. The van der Waals surface area contributed by atoms with Gasteiger partial charge in [-0.2, -0.15) is 0 Å². The first kappa shape index (κ1) is 20.8. The molecule has 1 saturated carbocycles. The highest BCUT2D eigenvalue weighted by Gasteiger charge is 2.44. The van der Waals surface area contributed by atoms with Gasteiger partial charge in [-0.3, -0.25) is 9.59 Å². The van der Waals surface area contributed by atoms with Crippen LogP contribution in [0, 0.1) is 5.82 Å². The predicted molar refractivity (Wildman–Crippen MR) is 116 cm³/mol. The van der Waals surface area contributed by atoms with Gasteiger partial charge in [-0.05, 0) is 42.7 Å². The highest BCUT2D eigenvalue weighted by atomic mass is 19.1. The van der Waals surface area contributed by atoms with E-state index in [0.717, 1.165) is 25.7 Å². The molecule has 2 amide bonds. The quantitative estimate of drug-likeness (QED) is 0.730. The molecule has 2 atom stereocenters. The predicted octanol–water partition coefficient (Wildman–Crippen LogP) is 3.71. The Balaban J connectivity index is 1.41. The first-order chi connectivity index (χ1) is 15.6. The molecule has 168 valence electrons. The van der Waals surface area contributed by atoms with E-state index in [4.69, 9.17) is 9.47 Å². The number of piperazine rings is 1. The third-order valence-electron chi connectivity index (χ3n) is 6.62. The molecular formula is C25H27FN2O4. The Kier molecular flexibility index (Phi) is 5.72. The lowest BCUT2D eigenvalue weighted by atomic mass is 9.91. The number of amides is 2. The van der Waals surface area contributed by atoms with Gasteiger partial charge in [0.15, 0.2) is 17.6 Å². The van der Waals surface area contributed by atoms with Gasteiger partial charge in [0, 0.05) is 6.04 Å². The maximum Gasteiger partial charge on any atom is 0.250 e. The zero-order valence-electron chi connectivity index (χ0n) is 17.9. The Hall–Kier alpha value is -3.09. The molecule has 0 bridgehead atoms. The number of carbonyl (C=O) groups is 2. The largest absolute Gasteiger partial charge is 0.486 e. The average molecular weight is 438 g/mol. The van der Waals surface area contributed by atoms with Crippen LogP contribution in [-0.2, 0) is 9.59 Å². The summed E-state index contributed by atoms with van der Waals surface area (Å²) in [6.45, 7) is 0.586. The van der Waals surface area contributed by atoms with Gasteiger partial charge in [0.2, 0.25) is 5.91 Å². The number of benzene rings is 2. The summed E-state index contributed by atoms with van der Waals surface area (Å²) in [6, 6.07) is 12.6. The first-order valence-electron chi connectivity index (χ1n) is 11.3. The van der Waals surface area contributed by atoms with Crippen LogP contribution in [0.25, 0.3) is 0 Å². The maximum atomic E-state index is 13.7. The lowest BCUT2D eigenvalue weighted by Gasteiger charge is -2.45. The number of carbonyl (C=O) groups excluding carboxylic acids is 2. The van der Waals surface area contributed by atoms with Crippen LogP contribution < -0.4 is 9.47 Å². The molecular weight excluding hydrogens is 411 g/mol. The van der Waals surface area contributed by atoms with E-state index in [0.29, 0.717) is 17.1 Å². The summed E-state index contributed by atoms with van der Waals surface area (Å²) in [5.74, 6) is 0.705. The van der Waals surface area contributed by atoms with Gasteiger partial charge >= 0.3 is 0 Å². The first-order valence-corrected chi connectivity index (χ1v) is 11.3. The number of rotatable bonds is 4. The van der Waals surface area contributed by atoms with Crippen molar-refractivity contribution < 1.29 is 23.5 Å². The Morgan fingerprint density at radius 1 is 0.938 bits per heavy atom. The lowest BCUT2D eigenvalue weighted by molar-refractivity contribution is -0.160. The molecule has 2 heterocycles. The van der Waals surface area contributed by atoms with Crippen molar-refractivity contribution in [1.82, 2.24) is 9.80 Å². The van der Waals surface area contributed by atoms with Gasteiger partial charge in [-0.25, -0.2) is 4.39 Å². The fourth-order valence-electron chi connectivity index (χ4n) is 5.00. The van der Waals surface area contributed by atoms with Gasteiger partial charge in [-0.1, -0.05) is 43.5 Å². The molecule has 6 nitrogen and oxygen atoms in total. The highest BCUT2D eigenvalue weighted by molar-refractivity contribution is 5.95. The van der Waals surface area contributed by atoms with Crippen molar-refractivity contribution in [3.8, 4) is 11.5 Å². The van der Waals surface area contributed by atoms with E-state index in [1.807, 2.05) is 24.3 Å². The zero-order valence-corrected chi connectivity index (χ0v) is 17.9. The molecule has 5 rings (SSSR count).